The smallest absolute Gasteiger partial charge is 0.341 e. The Balaban J connectivity index is 1.71. The van der Waals surface area contributed by atoms with Gasteiger partial charge in [0.05, 0.1) is 5.56 Å². The van der Waals surface area contributed by atoms with Gasteiger partial charge in [0.15, 0.2) is 6.61 Å². The monoisotopic (exact) mass is 345 g/mol. The molecule has 1 aliphatic rings. The van der Waals surface area contributed by atoms with Crippen molar-refractivity contribution in [1.29, 1.82) is 0 Å². The number of carbonyl (C=O) groups excluding carboxylic acids is 2. The van der Waals surface area contributed by atoms with E-state index in [0.29, 0.717) is 6.07 Å². The Morgan fingerprint density at radius 3 is 2.72 bits per heavy atom. The lowest BCUT2D eigenvalue weighted by Gasteiger charge is -2.35. The maximum absolute atomic E-state index is 13.6. The number of carbonyl (C=O) groups is 2. The SMILES string of the molecule is CC1CCc2ccccc2N1C(=O)COC(=O)c1ccc(F)cc1F. The van der Waals surface area contributed by atoms with Crippen LogP contribution in [0.25, 0.3) is 0 Å². The third kappa shape index (κ3) is 3.52. The second-order valence-electron chi connectivity index (χ2n) is 5.98. The number of fused-ring (bicyclic) bond motifs is 1. The molecule has 25 heavy (non-hydrogen) atoms. The number of ether oxygens (including phenoxy) is 1. The van der Waals surface area contributed by atoms with Crippen LogP contribution in [0.2, 0.25) is 0 Å². The second-order valence-corrected chi connectivity index (χ2v) is 5.98. The van der Waals surface area contributed by atoms with Crippen LogP contribution in [0.3, 0.4) is 0 Å². The molecular formula is C19H17F2NO3. The normalized spacial score (nSPS) is 16.3. The maximum atomic E-state index is 13.6. The summed E-state index contributed by atoms with van der Waals surface area (Å²) < 4.78 is 31.4. The molecule has 4 nitrogen and oxygen atoms in total. The average molecular weight is 345 g/mol. The third-order valence-corrected chi connectivity index (χ3v) is 4.27. The van der Waals surface area contributed by atoms with E-state index in [2.05, 4.69) is 0 Å². The van der Waals surface area contributed by atoms with Gasteiger partial charge in [-0.25, -0.2) is 13.6 Å². The highest BCUT2D eigenvalue weighted by Gasteiger charge is 2.28. The van der Waals surface area contributed by atoms with E-state index in [1.165, 1.54) is 0 Å². The van der Waals surface area contributed by atoms with Gasteiger partial charge < -0.3 is 9.64 Å². The molecular weight excluding hydrogens is 328 g/mol. The Morgan fingerprint density at radius 2 is 1.96 bits per heavy atom. The number of anilines is 1. The van der Waals surface area contributed by atoms with Gasteiger partial charge in [-0.2, -0.15) is 0 Å². The lowest BCUT2D eigenvalue weighted by atomic mass is 9.96. The van der Waals surface area contributed by atoms with Crippen LogP contribution >= 0.6 is 0 Å². The summed E-state index contributed by atoms with van der Waals surface area (Å²) in [6.07, 6.45) is 1.69. The van der Waals surface area contributed by atoms with Crippen molar-refractivity contribution in [1.82, 2.24) is 0 Å². The zero-order valence-corrected chi connectivity index (χ0v) is 13.7. The second kappa shape index (κ2) is 7.01. The van der Waals surface area contributed by atoms with Gasteiger partial charge in [-0.15, -0.1) is 0 Å². The highest BCUT2D eigenvalue weighted by atomic mass is 19.1. The van der Waals surface area contributed by atoms with Crippen molar-refractivity contribution in [2.24, 2.45) is 0 Å². The molecule has 2 aromatic rings. The Labute approximate surface area is 144 Å². The number of halogens is 2. The standard InChI is InChI=1S/C19H17F2NO3/c1-12-6-7-13-4-2-3-5-17(13)22(12)18(23)11-25-19(24)15-9-8-14(20)10-16(15)21/h2-5,8-10,12H,6-7,11H2,1H3. The molecule has 6 heteroatoms. The first-order chi connectivity index (χ1) is 12.0. The fraction of sp³-hybridized carbons (Fsp3) is 0.263. The van der Waals surface area contributed by atoms with Crippen LogP contribution in [0, 0.1) is 11.6 Å². The van der Waals surface area contributed by atoms with E-state index in [1.54, 1.807) is 4.90 Å². The molecule has 0 bridgehead atoms. The van der Waals surface area contributed by atoms with E-state index in [0.717, 1.165) is 36.2 Å². The van der Waals surface area contributed by atoms with E-state index in [4.69, 9.17) is 4.74 Å². The Hall–Kier alpha value is -2.76. The van der Waals surface area contributed by atoms with Crippen molar-refractivity contribution in [3.63, 3.8) is 0 Å². The van der Waals surface area contributed by atoms with E-state index in [9.17, 15) is 18.4 Å². The summed E-state index contributed by atoms with van der Waals surface area (Å²) in [6, 6.07) is 10.1. The van der Waals surface area contributed by atoms with Crippen LogP contribution in [0.15, 0.2) is 42.5 Å². The molecule has 2 aromatic carbocycles. The highest BCUT2D eigenvalue weighted by molar-refractivity contribution is 5.98. The van der Waals surface area contributed by atoms with Gasteiger partial charge in [0.25, 0.3) is 5.91 Å². The number of hydrogen-bond donors (Lipinski definition) is 0. The van der Waals surface area contributed by atoms with Crippen molar-refractivity contribution in [3.05, 3.63) is 65.2 Å². The predicted octanol–water partition coefficient (Wildman–Crippen LogP) is 3.49. The summed E-state index contributed by atoms with van der Waals surface area (Å²) in [6.45, 7) is 1.42. The van der Waals surface area contributed by atoms with Gasteiger partial charge in [0.1, 0.15) is 11.6 Å². The molecule has 0 fully saturated rings. The molecule has 0 aliphatic carbocycles. The molecule has 1 unspecified atom stereocenters. The summed E-state index contributed by atoms with van der Waals surface area (Å²) in [7, 11) is 0. The zero-order valence-electron chi connectivity index (χ0n) is 13.7. The summed E-state index contributed by atoms with van der Waals surface area (Å²) in [5.74, 6) is -3.18. The Kier molecular flexibility index (Phi) is 4.79. The molecule has 3 rings (SSSR count). The number of esters is 1. The summed E-state index contributed by atoms with van der Waals surface area (Å²) in [4.78, 5) is 26.1. The van der Waals surface area contributed by atoms with Gasteiger partial charge in [0, 0.05) is 17.8 Å². The van der Waals surface area contributed by atoms with Crippen molar-refractivity contribution >= 4 is 17.6 Å². The summed E-state index contributed by atoms with van der Waals surface area (Å²) in [5, 5.41) is 0. The van der Waals surface area contributed by atoms with Gasteiger partial charge in [0.2, 0.25) is 0 Å². The lowest BCUT2D eigenvalue weighted by Crippen LogP contribution is -2.44. The first-order valence-corrected chi connectivity index (χ1v) is 7.99. The molecule has 1 aliphatic heterocycles. The minimum atomic E-state index is -1.02. The molecule has 130 valence electrons. The first-order valence-electron chi connectivity index (χ1n) is 7.99. The number of para-hydroxylation sites is 1. The third-order valence-electron chi connectivity index (χ3n) is 4.27. The fourth-order valence-corrected chi connectivity index (χ4v) is 3.00. The summed E-state index contributed by atoms with van der Waals surface area (Å²) >= 11 is 0. The van der Waals surface area contributed by atoms with Crippen LogP contribution in [0.4, 0.5) is 14.5 Å². The van der Waals surface area contributed by atoms with Gasteiger partial charge in [-0.05, 0) is 43.5 Å². The fourth-order valence-electron chi connectivity index (χ4n) is 3.00. The molecule has 1 atom stereocenters. The van der Waals surface area contributed by atoms with Crippen LogP contribution in [0.5, 0.6) is 0 Å². The molecule has 1 heterocycles. The summed E-state index contributed by atoms with van der Waals surface area (Å²) in [5.41, 5.74) is 1.46. The van der Waals surface area contributed by atoms with Crippen molar-refractivity contribution in [2.75, 3.05) is 11.5 Å². The number of hydrogen-bond acceptors (Lipinski definition) is 3. The van der Waals surface area contributed by atoms with Crippen molar-refractivity contribution in [2.45, 2.75) is 25.8 Å². The number of aryl methyl sites for hydroxylation is 1. The van der Waals surface area contributed by atoms with Crippen LogP contribution in [0.1, 0.15) is 29.3 Å². The zero-order chi connectivity index (χ0) is 18.0. The predicted molar refractivity (Wildman–Crippen MR) is 88.4 cm³/mol. The maximum Gasteiger partial charge on any atom is 0.341 e. The number of benzene rings is 2. The van der Waals surface area contributed by atoms with E-state index in [1.807, 2.05) is 31.2 Å². The molecule has 0 aromatic heterocycles. The molecule has 1 amide bonds. The van der Waals surface area contributed by atoms with E-state index < -0.39 is 29.8 Å². The molecule has 0 saturated carbocycles. The van der Waals surface area contributed by atoms with Crippen LogP contribution in [-0.4, -0.2) is 24.5 Å². The molecule has 0 saturated heterocycles. The number of nitrogens with zero attached hydrogens (tertiary/aromatic N) is 1. The Morgan fingerprint density at radius 1 is 1.20 bits per heavy atom. The van der Waals surface area contributed by atoms with Crippen molar-refractivity contribution < 1.29 is 23.1 Å². The molecule has 0 spiro atoms. The largest absolute Gasteiger partial charge is 0.452 e. The molecule has 0 N–H and O–H groups in total. The van der Waals surface area contributed by atoms with E-state index in [-0.39, 0.29) is 11.9 Å². The molecule has 0 radical (unpaired) electrons. The number of amides is 1. The average Bonchev–Trinajstić information content (AvgIpc) is 2.59. The number of rotatable bonds is 3. The van der Waals surface area contributed by atoms with Gasteiger partial charge in [-0.1, -0.05) is 18.2 Å². The highest BCUT2D eigenvalue weighted by Crippen LogP contribution is 2.30. The minimum absolute atomic E-state index is 0.0244. The van der Waals surface area contributed by atoms with E-state index >= 15 is 0 Å². The Bertz CT molecular complexity index is 822. The van der Waals surface area contributed by atoms with Crippen molar-refractivity contribution in [3.8, 4) is 0 Å². The lowest BCUT2D eigenvalue weighted by molar-refractivity contribution is -0.122. The topological polar surface area (TPSA) is 46.6 Å². The quantitative estimate of drug-likeness (QED) is 0.800. The minimum Gasteiger partial charge on any atom is -0.452 e. The van der Waals surface area contributed by atoms with Gasteiger partial charge >= 0.3 is 5.97 Å². The van der Waals surface area contributed by atoms with Crippen LogP contribution < -0.4 is 4.90 Å². The first kappa shape index (κ1) is 17.1. The van der Waals surface area contributed by atoms with Gasteiger partial charge in [-0.3, -0.25) is 4.79 Å². The van der Waals surface area contributed by atoms with Crippen LogP contribution in [-0.2, 0) is 16.0 Å².